The molecule has 1 aromatic rings. The van der Waals surface area contributed by atoms with E-state index in [2.05, 4.69) is 33.8 Å². The molecule has 0 fully saturated rings. The molecule has 0 N–H and O–H groups in total. The van der Waals surface area contributed by atoms with Crippen molar-refractivity contribution in [1.82, 2.24) is 0 Å². The smallest absolute Gasteiger partial charge is 0.338 e. The van der Waals surface area contributed by atoms with E-state index in [0.717, 1.165) is 28.0 Å². The van der Waals surface area contributed by atoms with E-state index < -0.39 is 5.97 Å². The number of nitrogens with zero attached hydrogens (tertiary/aromatic N) is 1. The van der Waals surface area contributed by atoms with Crippen molar-refractivity contribution in [2.75, 3.05) is 7.11 Å². The molecule has 0 amide bonds. The topological polar surface area (TPSA) is 52.4 Å². The second kappa shape index (κ2) is 4.45. The molecule has 3 rings (SSSR count). The molecule has 4 nitrogen and oxygen atoms in total. The van der Waals surface area contributed by atoms with Crippen LogP contribution in [0.1, 0.15) is 50.0 Å². The summed E-state index contributed by atoms with van der Waals surface area (Å²) in [7, 11) is 1.34. The lowest BCUT2D eigenvalue weighted by Crippen LogP contribution is -2.36. The fourth-order valence-corrected chi connectivity index (χ4v) is 3.98. The molecule has 1 aliphatic carbocycles. The molecule has 0 saturated heterocycles. The lowest BCUT2D eigenvalue weighted by Gasteiger charge is -2.36. The van der Waals surface area contributed by atoms with E-state index in [9.17, 15) is 10.0 Å². The summed E-state index contributed by atoms with van der Waals surface area (Å²) in [4.78, 5) is 11.7. The van der Waals surface area contributed by atoms with Gasteiger partial charge in [-0.25, -0.2) is 4.79 Å². The second-order valence-corrected chi connectivity index (χ2v) is 7.47. The molecule has 116 valence electrons. The van der Waals surface area contributed by atoms with Gasteiger partial charge in [0.15, 0.2) is 0 Å². The van der Waals surface area contributed by atoms with Gasteiger partial charge in [-0.1, -0.05) is 19.9 Å². The standard InChI is InChI=1S/C18H21NO3/c1-17(2)9-13-12-7-6-11(16(20)22-5)8-14(12)19(21)15(13)18(3,4)10-17/h6-9H,10H2,1-5H3. The Morgan fingerprint density at radius 3 is 2.59 bits per heavy atom. The molecule has 4 heteroatoms. The lowest BCUT2D eigenvalue weighted by atomic mass is 9.65. The maximum Gasteiger partial charge on any atom is 0.338 e. The molecule has 0 aromatic heterocycles. The van der Waals surface area contributed by atoms with Gasteiger partial charge < -0.3 is 9.94 Å². The highest BCUT2D eigenvalue weighted by molar-refractivity contribution is 6.28. The van der Waals surface area contributed by atoms with Gasteiger partial charge >= 0.3 is 5.97 Å². The van der Waals surface area contributed by atoms with Crippen LogP contribution in [0.3, 0.4) is 0 Å². The van der Waals surface area contributed by atoms with Crippen LogP contribution in [0.15, 0.2) is 24.3 Å². The summed E-state index contributed by atoms with van der Waals surface area (Å²) < 4.78 is 5.73. The van der Waals surface area contributed by atoms with Crippen LogP contribution in [0.4, 0.5) is 5.69 Å². The first-order valence-corrected chi connectivity index (χ1v) is 7.47. The van der Waals surface area contributed by atoms with Gasteiger partial charge in [0.1, 0.15) is 0 Å². The second-order valence-electron chi connectivity index (χ2n) is 7.47. The summed E-state index contributed by atoms with van der Waals surface area (Å²) in [6.45, 7) is 8.59. The SMILES string of the molecule is COC(=O)c1ccc2c(c1)[N+]([O-])=C1C2=CC(C)(C)CC1(C)C. The van der Waals surface area contributed by atoms with Crippen molar-refractivity contribution >= 4 is 22.9 Å². The zero-order chi connectivity index (χ0) is 16.3. The fourth-order valence-electron chi connectivity index (χ4n) is 3.98. The normalized spacial score (nSPS) is 21.0. The molecular weight excluding hydrogens is 278 g/mol. The highest BCUT2D eigenvalue weighted by Gasteiger charge is 2.48. The maximum atomic E-state index is 12.8. The Morgan fingerprint density at radius 1 is 1.27 bits per heavy atom. The van der Waals surface area contributed by atoms with Crippen molar-refractivity contribution in [3.05, 3.63) is 40.6 Å². The van der Waals surface area contributed by atoms with E-state index in [4.69, 9.17) is 4.74 Å². The number of ether oxygens (including phenoxy) is 1. The summed E-state index contributed by atoms with van der Waals surface area (Å²) in [6.07, 6.45) is 3.09. The van der Waals surface area contributed by atoms with Crippen LogP contribution in [-0.2, 0) is 4.74 Å². The molecule has 1 aromatic carbocycles. The van der Waals surface area contributed by atoms with Crippen LogP contribution in [0.5, 0.6) is 0 Å². The Labute approximate surface area is 130 Å². The molecule has 1 aliphatic heterocycles. The Hall–Kier alpha value is -2.10. The number of allylic oxidation sites excluding steroid dienone is 2. The summed E-state index contributed by atoms with van der Waals surface area (Å²) in [5.74, 6) is -0.426. The number of hydrogen-bond donors (Lipinski definition) is 0. The summed E-state index contributed by atoms with van der Waals surface area (Å²) in [5, 5.41) is 12.8. The van der Waals surface area contributed by atoms with Crippen molar-refractivity contribution in [3.63, 3.8) is 0 Å². The average Bonchev–Trinajstić information content (AvgIpc) is 2.69. The summed E-state index contributed by atoms with van der Waals surface area (Å²) >= 11 is 0. The van der Waals surface area contributed by atoms with Gasteiger partial charge in [0, 0.05) is 6.07 Å². The zero-order valence-corrected chi connectivity index (χ0v) is 13.7. The molecule has 1 heterocycles. The minimum absolute atomic E-state index is 0.0335. The maximum absolute atomic E-state index is 12.8. The molecular formula is C18H21NO3. The number of fused-ring (bicyclic) bond motifs is 3. The van der Waals surface area contributed by atoms with Crippen molar-refractivity contribution in [1.29, 1.82) is 0 Å². The Bertz CT molecular complexity index is 739. The van der Waals surface area contributed by atoms with Crippen LogP contribution < -0.4 is 0 Å². The monoisotopic (exact) mass is 299 g/mol. The predicted molar refractivity (Wildman–Crippen MR) is 86.2 cm³/mol. The summed E-state index contributed by atoms with van der Waals surface area (Å²) in [6, 6.07) is 5.20. The minimum Gasteiger partial charge on any atom is -0.618 e. The Morgan fingerprint density at radius 2 is 1.95 bits per heavy atom. The molecule has 0 saturated carbocycles. The van der Waals surface area contributed by atoms with Gasteiger partial charge in [-0.05, 0) is 37.8 Å². The van der Waals surface area contributed by atoms with Gasteiger partial charge in [0.05, 0.1) is 29.2 Å². The number of benzene rings is 1. The van der Waals surface area contributed by atoms with Crippen molar-refractivity contribution in [3.8, 4) is 0 Å². The zero-order valence-electron chi connectivity index (χ0n) is 13.7. The van der Waals surface area contributed by atoms with Gasteiger partial charge in [-0.2, -0.15) is 4.74 Å². The number of rotatable bonds is 1. The van der Waals surface area contributed by atoms with E-state index in [-0.39, 0.29) is 10.8 Å². The van der Waals surface area contributed by atoms with Crippen LogP contribution in [-0.4, -0.2) is 23.5 Å². The first kappa shape index (κ1) is 14.8. The molecule has 22 heavy (non-hydrogen) atoms. The van der Waals surface area contributed by atoms with Gasteiger partial charge in [0.2, 0.25) is 11.4 Å². The Kier molecular flexibility index (Phi) is 3.00. The van der Waals surface area contributed by atoms with Crippen LogP contribution >= 0.6 is 0 Å². The van der Waals surface area contributed by atoms with E-state index in [0.29, 0.717) is 11.3 Å². The first-order valence-electron chi connectivity index (χ1n) is 7.47. The highest BCUT2D eigenvalue weighted by Crippen LogP contribution is 2.50. The van der Waals surface area contributed by atoms with E-state index in [1.165, 1.54) is 7.11 Å². The van der Waals surface area contributed by atoms with E-state index >= 15 is 0 Å². The van der Waals surface area contributed by atoms with Crippen LogP contribution in [0, 0.1) is 16.0 Å². The van der Waals surface area contributed by atoms with E-state index in [1.54, 1.807) is 12.1 Å². The molecule has 0 spiro atoms. The van der Waals surface area contributed by atoms with Crippen LogP contribution in [0.25, 0.3) is 5.57 Å². The number of carbonyl (C=O) groups excluding carboxylic acids is 1. The largest absolute Gasteiger partial charge is 0.618 e. The highest BCUT2D eigenvalue weighted by atomic mass is 16.5. The average molecular weight is 299 g/mol. The van der Waals surface area contributed by atoms with Crippen LogP contribution in [0.2, 0.25) is 0 Å². The molecule has 0 unspecified atom stereocenters. The van der Waals surface area contributed by atoms with Crippen molar-refractivity contribution < 1.29 is 14.3 Å². The predicted octanol–water partition coefficient (Wildman–Crippen LogP) is 3.91. The third-order valence-corrected chi connectivity index (χ3v) is 4.46. The number of hydrogen-bond acceptors (Lipinski definition) is 3. The number of carbonyl (C=O) groups is 1. The van der Waals surface area contributed by atoms with Crippen molar-refractivity contribution in [2.24, 2.45) is 10.8 Å². The third kappa shape index (κ3) is 2.05. The lowest BCUT2D eigenvalue weighted by molar-refractivity contribution is -0.361. The molecule has 0 radical (unpaired) electrons. The summed E-state index contributed by atoms with van der Waals surface area (Å²) in [5.41, 5.74) is 3.46. The molecule has 0 atom stereocenters. The minimum atomic E-state index is -0.426. The molecule has 2 aliphatic rings. The number of esters is 1. The number of methoxy groups -OCH3 is 1. The van der Waals surface area contributed by atoms with Gasteiger partial charge in [-0.3, -0.25) is 0 Å². The quantitative estimate of drug-likeness (QED) is 0.449. The third-order valence-electron chi connectivity index (χ3n) is 4.46. The fraction of sp³-hybridized carbons (Fsp3) is 0.444. The Balaban J connectivity index is 2.24. The molecule has 0 bridgehead atoms. The first-order chi connectivity index (χ1) is 10.2. The van der Waals surface area contributed by atoms with E-state index in [1.807, 2.05) is 6.07 Å². The van der Waals surface area contributed by atoms with Gasteiger partial charge in [0.25, 0.3) is 0 Å². The van der Waals surface area contributed by atoms with Crippen molar-refractivity contribution in [2.45, 2.75) is 34.1 Å². The van der Waals surface area contributed by atoms with Gasteiger partial charge in [-0.15, -0.1) is 0 Å².